The molecule has 4 rings (SSSR count). The van der Waals surface area contributed by atoms with E-state index in [0.29, 0.717) is 48.2 Å². The number of sulfonamides is 1. The molecule has 10 heteroatoms. The van der Waals surface area contributed by atoms with Gasteiger partial charge in [0.1, 0.15) is 5.82 Å². The van der Waals surface area contributed by atoms with Crippen LogP contribution in [-0.2, 0) is 10.0 Å². The third-order valence-corrected chi connectivity index (χ3v) is 6.84. The van der Waals surface area contributed by atoms with Crippen molar-refractivity contribution in [2.75, 3.05) is 18.0 Å². The maximum absolute atomic E-state index is 12.5. The first-order valence-electron chi connectivity index (χ1n) is 9.69. The number of rotatable bonds is 5. The predicted octanol–water partition coefficient (Wildman–Crippen LogP) is 2.96. The summed E-state index contributed by atoms with van der Waals surface area (Å²) in [7, 11) is -3.57. The number of benzene rings is 2. The highest BCUT2D eigenvalue weighted by atomic mass is 32.2. The normalized spacial score (nSPS) is 15.0. The molecule has 9 nitrogen and oxygen atoms in total. The van der Waals surface area contributed by atoms with Gasteiger partial charge >= 0.3 is 0 Å². The minimum atomic E-state index is -3.57. The Morgan fingerprint density at radius 2 is 1.84 bits per heavy atom. The Labute approximate surface area is 179 Å². The third kappa shape index (κ3) is 4.33. The molecule has 1 fully saturated rings. The molecule has 0 saturated carbocycles. The van der Waals surface area contributed by atoms with Crippen molar-refractivity contribution in [1.82, 2.24) is 9.71 Å². The fourth-order valence-electron chi connectivity index (χ4n) is 3.68. The molecule has 0 spiro atoms. The van der Waals surface area contributed by atoms with Crippen LogP contribution in [0.15, 0.2) is 59.5 Å². The molecule has 1 saturated heterocycles. The molecule has 1 aliphatic rings. The summed E-state index contributed by atoms with van der Waals surface area (Å²) in [6.45, 7) is 1.14. The van der Waals surface area contributed by atoms with Gasteiger partial charge in [0.2, 0.25) is 10.0 Å². The fourth-order valence-corrected chi connectivity index (χ4v) is 5.01. The second-order valence-electron chi connectivity index (χ2n) is 7.29. The Bertz CT molecular complexity index is 1280. The minimum absolute atomic E-state index is 0.0925. The summed E-state index contributed by atoms with van der Waals surface area (Å²) < 4.78 is 27.8. The molecule has 2 heterocycles. The van der Waals surface area contributed by atoms with E-state index in [1.807, 2.05) is 4.90 Å². The number of nitro groups is 1. The number of nitrogens with one attached hydrogen (secondary N) is 1. The van der Waals surface area contributed by atoms with Crippen LogP contribution in [0.2, 0.25) is 0 Å². The Kier molecular flexibility index (Phi) is 5.54. The zero-order chi connectivity index (χ0) is 22.0. The summed E-state index contributed by atoms with van der Waals surface area (Å²) in [5.41, 5.74) is 0.729. The summed E-state index contributed by atoms with van der Waals surface area (Å²) in [6.07, 6.45) is 1.18. The number of nitrogens with zero attached hydrogens (tertiary/aromatic N) is 4. The summed E-state index contributed by atoms with van der Waals surface area (Å²) >= 11 is 0. The summed E-state index contributed by atoms with van der Waals surface area (Å²) in [5.74, 6) is 0.599. The zero-order valence-electron chi connectivity index (χ0n) is 16.4. The van der Waals surface area contributed by atoms with Gasteiger partial charge < -0.3 is 4.90 Å². The van der Waals surface area contributed by atoms with Crippen LogP contribution in [0.4, 0.5) is 11.5 Å². The highest BCUT2D eigenvalue weighted by Gasteiger charge is 2.25. The topological polar surface area (TPSA) is 129 Å². The number of piperidine rings is 1. The Morgan fingerprint density at radius 3 is 2.48 bits per heavy atom. The van der Waals surface area contributed by atoms with E-state index in [9.17, 15) is 23.8 Å². The minimum Gasteiger partial charge on any atom is -0.356 e. The molecular formula is C21H19N5O4S. The summed E-state index contributed by atoms with van der Waals surface area (Å²) in [5, 5.41) is 21.0. The van der Waals surface area contributed by atoms with Crippen molar-refractivity contribution in [2.24, 2.45) is 0 Å². The van der Waals surface area contributed by atoms with Crippen molar-refractivity contribution >= 4 is 32.4 Å². The number of nitro benzene ring substituents is 1. The van der Waals surface area contributed by atoms with Gasteiger partial charge in [0.05, 0.1) is 27.0 Å². The molecule has 1 aromatic heterocycles. The maximum Gasteiger partial charge on any atom is 0.270 e. The van der Waals surface area contributed by atoms with Crippen molar-refractivity contribution in [1.29, 1.82) is 5.26 Å². The number of non-ortho nitro benzene ring substituents is 1. The first kappa shape index (κ1) is 20.7. The first-order valence-corrected chi connectivity index (χ1v) is 11.2. The summed E-state index contributed by atoms with van der Waals surface area (Å²) in [6, 6.07) is 16.0. The standard InChI is InChI=1S/C21H19N5O4S/c22-14-15-12-21(23-20-7-6-17(26(27)28)13-19(15)20)25-10-8-16(9-11-25)24-31(29,30)18-4-2-1-3-5-18/h1-7,12-13,16,24H,8-11H2. The van der Waals surface area contributed by atoms with Crippen LogP contribution in [0.1, 0.15) is 18.4 Å². The van der Waals surface area contributed by atoms with Crippen LogP contribution in [0.3, 0.4) is 0 Å². The van der Waals surface area contributed by atoms with Crippen LogP contribution in [0.25, 0.3) is 10.9 Å². The molecule has 0 amide bonds. The van der Waals surface area contributed by atoms with Crippen LogP contribution < -0.4 is 9.62 Å². The van der Waals surface area contributed by atoms with E-state index in [1.165, 1.54) is 12.1 Å². The van der Waals surface area contributed by atoms with Crippen molar-refractivity contribution in [3.8, 4) is 6.07 Å². The Morgan fingerprint density at radius 1 is 1.13 bits per heavy atom. The number of pyridine rings is 1. The smallest absolute Gasteiger partial charge is 0.270 e. The average molecular weight is 437 g/mol. The molecule has 0 aliphatic carbocycles. The van der Waals surface area contributed by atoms with Gasteiger partial charge in [-0.1, -0.05) is 18.2 Å². The quantitative estimate of drug-likeness (QED) is 0.480. The number of hydrogen-bond donors (Lipinski definition) is 1. The highest BCUT2D eigenvalue weighted by molar-refractivity contribution is 7.89. The number of hydrogen-bond acceptors (Lipinski definition) is 7. The van der Waals surface area contributed by atoms with Gasteiger partial charge in [-0.2, -0.15) is 5.26 Å². The predicted molar refractivity (Wildman–Crippen MR) is 115 cm³/mol. The first-order chi connectivity index (χ1) is 14.9. The van der Waals surface area contributed by atoms with Crippen LogP contribution in [-0.4, -0.2) is 37.5 Å². The largest absolute Gasteiger partial charge is 0.356 e. The van der Waals surface area contributed by atoms with Gasteiger partial charge in [-0.25, -0.2) is 18.1 Å². The molecule has 1 N–H and O–H groups in total. The number of fused-ring (bicyclic) bond motifs is 1. The van der Waals surface area contributed by atoms with E-state index in [4.69, 9.17) is 0 Å². The average Bonchev–Trinajstić information content (AvgIpc) is 2.78. The lowest BCUT2D eigenvalue weighted by Crippen LogP contribution is -2.44. The van der Waals surface area contributed by atoms with Crippen molar-refractivity contribution in [3.05, 3.63) is 70.3 Å². The molecule has 31 heavy (non-hydrogen) atoms. The van der Waals surface area contributed by atoms with Gasteiger partial charge in [0, 0.05) is 36.7 Å². The molecule has 1 aliphatic heterocycles. The number of aromatic nitrogens is 1. The number of anilines is 1. The molecule has 158 valence electrons. The van der Waals surface area contributed by atoms with E-state index >= 15 is 0 Å². The lowest BCUT2D eigenvalue weighted by atomic mass is 10.0. The van der Waals surface area contributed by atoms with Gasteiger partial charge in [-0.15, -0.1) is 0 Å². The van der Waals surface area contributed by atoms with Crippen LogP contribution in [0.5, 0.6) is 0 Å². The third-order valence-electron chi connectivity index (χ3n) is 5.30. The van der Waals surface area contributed by atoms with Gasteiger partial charge in [0.15, 0.2) is 0 Å². The van der Waals surface area contributed by atoms with Crippen molar-refractivity contribution in [3.63, 3.8) is 0 Å². The summed E-state index contributed by atoms with van der Waals surface area (Å²) in [4.78, 5) is 17.3. The molecule has 2 aromatic carbocycles. The van der Waals surface area contributed by atoms with Gasteiger partial charge in [-0.05, 0) is 37.1 Å². The van der Waals surface area contributed by atoms with Crippen LogP contribution in [0, 0.1) is 21.4 Å². The van der Waals surface area contributed by atoms with Crippen molar-refractivity contribution < 1.29 is 13.3 Å². The monoisotopic (exact) mass is 437 g/mol. The lowest BCUT2D eigenvalue weighted by molar-refractivity contribution is -0.384. The highest BCUT2D eigenvalue weighted by Crippen LogP contribution is 2.28. The fraction of sp³-hybridized carbons (Fsp3) is 0.238. The molecule has 0 bridgehead atoms. The molecule has 0 atom stereocenters. The van der Waals surface area contributed by atoms with E-state index in [-0.39, 0.29) is 16.6 Å². The number of nitriles is 1. The molecular weight excluding hydrogens is 418 g/mol. The van der Waals surface area contributed by atoms with E-state index in [0.717, 1.165) is 0 Å². The van der Waals surface area contributed by atoms with Crippen LogP contribution >= 0.6 is 0 Å². The molecule has 0 radical (unpaired) electrons. The van der Waals surface area contributed by atoms with Crippen molar-refractivity contribution in [2.45, 2.75) is 23.8 Å². The second kappa shape index (κ2) is 8.29. The van der Waals surface area contributed by atoms with E-state index in [2.05, 4.69) is 15.8 Å². The Hall–Kier alpha value is -3.55. The zero-order valence-corrected chi connectivity index (χ0v) is 17.2. The SMILES string of the molecule is N#Cc1cc(N2CCC(NS(=O)(=O)c3ccccc3)CC2)nc2ccc([N+](=O)[O-])cc12. The lowest BCUT2D eigenvalue weighted by Gasteiger charge is -2.33. The Balaban J connectivity index is 1.50. The van der Waals surface area contributed by atoms with Gasteiger partial charge in [0.25, 0.3) is 5.69 Å². The molecule has 3 aromatic rings. The van der Waals surface area contributed by atoms with E-state index in [1.54, 1.807) is 42.5 Å². The maximum atomic E-state index is 12.5. The second-order valence-corrected chi connectivity index (χ2v) is 9.01. The van der Waals surface area contributed by atoms with E-state index < -0.39 is 14.9 Å². The van der Waals surface area contributed by atoms with Gasteiger partial charge in [-0.3, -0.25) is 10.1 Å². The molecule has 0 unspecified atom stereocenters.